The maximum atomic E-state index is 12.2. The van der Waals surface area contributed by atoms with Crippen molar-refractivity contribution in [3.63, 3.8) is 0 Å². The van der Waals surface area contributed by atoms with Gasteiger partial charge in [0.05, 0.1) is 4.47 Å². The molecule has 0 N–H and O–H groups in total. The van der Waals surface area contributed by atoms with Gasteiger partial charge in [-0.15, -0.1) is 0 Å². The molecule has 0 aliphatic carbocycles. The lowest BCUT2D eigenvalue weighted by atomic mass is 9.91. The largest absolute Gasteiger partial charge is 0.470 e. The summed E-state index contributed by atoms with van der Waals surface area (Å²) in [4.78, 5) is 12.2. The lowest BCUT2D eigenvalue weighted by Gasteiger charge is -2.22. The molecule has 1 unspecified atom stereocenters. The molecule has 0 saturated carbocycles. The summed E-state index contributed by atoms with van der Waals surface area (Å²) in [5, 5.41) is -0.0191. The summed E-state index contributed by atoms with van der Waals surface area (Å²) in [6.45, 7) is 5.59. The van der Waals surface area contributed by atoms with Gasteiger partial charge in [0.25, 0.3) is 0 Å². The van der Waals surface area contributed by atoms with E-state index in [-0.39, 0.29) is 5.78 Å². The first-order valence-electron chi connectivity index (χ1n) is 7.19. The van der Waals surface area contributed by atoms with Crippen LogP contribution in [0.1, 0.15) is 20.8 Å². The van der Waals surface area contributed by atoms with Crippen LogP contribution in [0.15, 0.2) is 45.3 Å². The van der Waals surface area contributed by atoms with Crippen molar-refractivity contribution in [1.82, 2.24) is 0 Å². The van der Waals surface area contributed by atoms with Gasteiger partial charge in [-0.3, -0.25) is 4.79 Å². The Hall–Kier alpha value is -0.360. The number of halogens is 4. The molecular formula is C18H16Br3ClO2. The molecule has 0 aliphatic heterocycles. The van der Waals surface area contributed by atoms with Crippen LogP contribution in [0.2, 0.25) is 5.02 Å². The molecule has 0 aliphatic rings. The summed E-state index contributed by atoms with van der Waals surface area (Å²) in [6, 6.07) is 11.4. The number of hydrogen-bond donors (Lipinski definition) is 0. The summed E-state index contributed by atoms with van der Waals surface area (Å²) in [7, 11) is 0. The van der Waals surface area contributed by atoms with Crippen LogP contribution in [0, 0.1) is 5.41 Å². The number of ether oxygens (including phenoxy) is 1. The molecule has 24 heavy (non-hydrogen) atoms. The van der Waals surface area contributed by atoms with Gasteiger partial charge < -0.3 is 4.74 Å². The molecule has 0 heterocycles. The molecule has 1 atom stereocenters. The molecule has 0 aromatic heterocycles. The number of benzene rings is 2. The van der Waals surface area contributed by atoms with E-state index in [4.69, 9.17) is 16.3 Å². The molecule has 128 valence electrons. The van der Waals surface area contributed by atoms with Crippen molar-refractivity contribution < 1.29 is 9.53 Å². The molecule has 0 fully saturated rings. The molecule has 0 saturated heterocycles. The highest BCUT2D eigenvalue weighted by atomic mass is 79.9. The van der Waals surface area contributed by atoms with E-state index in [0.29, 0.717) is 10.8 Å². The Morgan fingerprint density at radius 1 is 1.08 bits per heavy atom. The van der Waals surface area contributed by atoms with E-state index in [9.17, 15) is 4.79 Å². The normalized spacial score (nSPS) is 12.8. The van der Waals surface area contributed by atoms with Crippen molar-refractivity contribution in [3.05, 3.63) is 50.4 Å². The van der Waals surface area contributed by atoms with Crippen molar-refractivity contribution >= 4 is 65.2 Å². The minimum absolute atomic E-state index is 0.0149. The standard InChI is InChI=1S/C18H16Br3ClO2/c1-18(2,3)16(23)17(21)24-15-7-4-10(8-14(15)20)12-6-5-11(22)9-13(12)19/h4-9,17H,1-3H3. The number of hydrogen-bond acceptors (Lipinski definition) is 2. The predicted octanol–water partition coefficient (Wildman–Crippen LogP) is 7.25. The highest BCUT2D eigenvalue weighted by Crippen LogP contribution is 2.36. The lowest BCUT2D eigenvalue weighted by molar-refractivity contribution is -0.129. The zero-order valence-electron chi connectivity index (χ0n) is 13.4. The van der Waals surface area contributed by atoms with Gasteiger partial charge in [-0.25, -0.2) is 0 Å². The molecule has 6 heteroatoms. The molecule has 2 nitrogen and oxygen atoms in total. The number of ketones is 1. The Balaban J connectivity index is 2.26. The summed E-state index contributed by atoms with van der Waals surface area (Å²) in [5.41, 5.74) is 1.55. The number of alkyl halides is 1. The Labute approximate surface area is 172 Å². The van der Waals surface area contributed by atoms with Gasteiger partial charge in [-0.1, -0.05) is 60.4 Å². The minimum Gasteiger partial charge on any atom is -0.470 e. The molecule has 0 radical (unpaired) electrons. The topological polar surface area (TPSA) is 26.3 Å². The first-order valence-corrected chi connectivity index (χ1v) is 10.1. The smallest absolute Gasteiger partial charge is 0.211 e. The van der Waals surface area contributed by atoms with Gasteiger partial charge in [-0.2, -0.15) is 0 Å². The van der Waals surface area contributed by atoms with Crippen molar-refractivity contribution in [2.45, 2.75) is 25.8 Å². The Kier molecular flexibility index (Phi) is 6.57. The number of rotatable bonds is 4. The van der Waals surface area contributed by atoms with Crippen molar-refractivity contribution in [2.75, 3.05) is 0 Å². The summed E-state index contributed by atoms with van der Waals surface area (Å²) in [5.74, 6) is 0.585. The average Bonchev–Trinajstić information content (AvgIpc) is 2.47. The van der Waals surface area contributed by atoms with Crippen LogP contribution >= 0.6 is 59.4 Å². The van der Waals surface area contributed by atoms with Gasteiger partial charge in [0.2, 0.25) is 5.01 Å². The van der Waals surface area contributed by atoms with Crippen LogP contribution in [0.5, 0.6) is 5.75 Å². The molecule has 0 amide bonds. The molecule has 0 spiro atoms. The van der Waals surface area contributed by atoms with E-state index in [1.54, 1.807) is 0 Å². The number of carbonyl (C=O) groups excluding carboxylic acids is 1. The Bertz CT molecular complexity index is 769. The number of carbonyl (C=O) groups is 1. The fourth-order valence-corrected chi connectivity index (χ4v) is 4.26. The maximum Gasteiger partial charge on any atom is 0.211 e. The SMILES string of the molecule is CC(C)(C)C(=O)C(Br)Oc1ccc(-c2ccc(Cl)cc2Br)cc1Br. The van der Waals surface area contributed by atoms with E-state index < -0.39 is 10.4 Å². The highest BCUT2D eigenvalue weighted by molar-refractivity contribution is 9.11. The Morgan fingerprint density at radius 2 is 1.75 bits per heavy atom. The van der Waals surface area contributed by atoms with Crippen LogP contribution in [0.3, 0.4) is 0 Å². The van der Waals surface area contributed by atoms with Crippen LogP contribution in [-0.2, 0) is 4.79 Å². The van der Waals surface area contributed by atoms with Crippen LogP contribution < -0.4 is 4.74 Å². The second kappa shape index (κ2) is 7.90. The third-order valence-corrected chi connectivity index (χ3v) is 5.46. The van der Waals surface area contributed by atoms with E-state index in [2.05, 4.69) is 47.8 Å². The first kappa shape index (κ1) is 20.0. The van der Waals surface area contributed by atoms with E-state index in [0.717, 1.165) is 20.1 Å². The van der Waals surface area contributed by atoms with Gasteiger partial charge >= 0.3 is 0 Å². The highest BCUT2D eigenvalue weighted by Gasteiger charge is 2.29. The molecule has 2 aromatic rings. The van der Waals surface area contributed by atoms with E-state index in [1.165, 1.54) is 0 Å². The molecule has 2 aromatic carbocycles. The van der Waals surface area contributed by atoms with Crippen molar-refractivity contribution in [3.8, 4) is 16.9 Å². The van der Waals surface area contributed by atoms with Crippen LogP contribution in [0.4, 0.5) is 0 Å². The zero-order chi connectivity index (χ0) is 18.1. The number of Topliss-reactive ketones (excluding diaryl/α,β-unsaturated/α-hetero) is 1. The summed E-state index contributed by atoms with van der Waals surface area (Å²) >= 11 is 16.3. The molecule has 0 bridgehead atoms. The van der Waals surface area contributed by atoms with Crippen LogP contribution in [0.25, 0.3) is 11.1 Å². The van der Waals surface area contributed by atoms with Crippen molar-refractivity contribution in [1.29, 1.82) is 0 Å². The van der Waals surface area contributed by atoms with E-state index in [1.807, 2.05) is 57.2 Å². The van der Waals surface area contributed by atoms with Gasteiger partial charge in [0.15, 0.2) is 5.78 Å². The zero-order valence-corrected chi connectivity index (χ0v) is 18.9. The van der Waals surface area contributed by atoms with Gasteiger partial charge in [0.1, 0.15) is 5.75 Å². The fourth-order valence-electron chi connectivity index (χ4n) is 1.99. The second-order valence-electron chi connectivity index (χ2n) is 6.32. The molecular weight excluding hydrogens is 523 g/mol. The van der Waals surface area contributed by atoms with Gasteiger partial charge in [-0.05, 0) is 67.3 Å². The van der Waals surface area contributed by atoms with E-state index >= 15 is 0 Å². The minimum atomic E-state index is -0.693. The van der Waals surface area contributed by atoms with Gasteiger partial charge in [0, 0.05) is 14.9 Å². The summed E-state index contributed by atoms with van der Waals surface area (Å²) in [6.07, 6.45) is 0. The maximum absolute atomic E-state index is 12.2. The second-order valence-corrected chi connectivity index (χ2v) is 9.29. The third kappa shape index (κ3) is 4.84. The van der Waals surface area contributed by atoms with Crippen molar-refractivity contribution in [2.24, 2.45) is 5.41 Å². The summed E-state index contributed by atoms with van der Waals surface area (Å²) < 4.78 is 7.45. The monoisotopic (exact) mass is 536 g/mol. The molecule has 2 rings (SSSR count). The average molecular weight is 539 g/mol. The first-order chi connectivity index (χ1) is 11.1. The quantitative estimate of drug-likeness (QED) is 0.383. The lowest BCUT2D eigenvalue weighted by Crippen LogP contribution is -2.32. The predicted molar refractivity (Wildman–Crippen MR) is 110 cm³/mol. The Morgan fingerprint density at radius 3 is 2.29 bits per heavy atom. The van der Waals surface area contributed by atoms with Crippen LogP contribution in [-0.4, -0.2) is 10.8 Å². The fraction of sp³-hybridized carbons (Fsp3) is 0.278. The third-order valence-electron chi connectivity index (χ3n) is 3.35.